The summed E-state index contributed by atoms with van der Waals surface area (Å²) in [7, 11) is 0. The minimum absolute atomic E-state index is 0.534. The lowest BCUT2D eigenvalue weighted by Gasteiger charge is -2.13. The first-order chi connectivity index (χ1) is 10.7. The minimum Gasteiger partial charge on any atom is -0.488 e. The summed E-state index contributed by atoms with van der Waals surface area (Å²) in [6, 6.07) is 20.0. The van der Waals surface area contributed by atoms with Gasteiger partial charge in [0.15, 0.2) is 0 Å². The fourth-order valence-corrected chi connectivity index (χ4v) is 2.37. The van der Waals surface area contributed by atoms with Crippen molar-refractivity contribution in [3.8, 4) is 16.9 Å². The molecule has 0 saturated carbocycles. The Labute approximate surface area is 130 Å². The Kier molecular flexibility index (Phi) is 4.05. The summed E-state index contributed by atoms with van der Waals surface area (Å²) in [4.78, 5) is 4.33. The van der Waals surface area contributed by atoms with Gasteiger partial charge in [0.1, 0.15) is 12.4 Å². The average Bonchev–Trinajstić information content (AvgIpc) is 2.56. The standard InChI is InChI=1S/C19H18N2O/c1-14-18(11-16(20)12-21-14)17-9-5-6-10-19(17)22-13-15-7-3-2-4-8-15/h2-12H,13,20H2,1H3. The van der Waals surface area contributed by atoms with E-state index in [0.29, 0.717) is 12.3 Å². The number of nitrogens with zero attached hydrogens (tertiary/aromatic N) is 1. The van der Waals surface area contributed by atoms with E-state index < -0.39 is 0 Å². The van der Waals surface area contributed by atoms with Crippen LogP contribution in [0.1, 0.15) is 11.3 Å². The van der Waals surface area contributed by atoms with Crippen LogP contribution in [-0.2, 0) is 6.61 Å². The van der Waals surface area contributed by atoms with Gasteiger partial charge in [0, 0.05) is 16.8 Å². The molecule has 1 aromatic heterocycles. The molecule has 22 heavy (non-hydrogen) atoms. The second kappa shape index (κ2) is 6.31. The molecule has 3 nitrogen and oxygen atoms in total. The first-order valence-electron chi connectivity index (χ1n) is 7.22. The number of aryl methyl sites for hydroxylation is 1. The Morgan fingerprint density at radius 1 is 0.955 bits per heavy atom. The summed E-state index contributed by atoms with van der Waals surface area (Å²) in [5, 5.41) is 0. The van der Waals surface area contributed by atoms with Crippen LogP contribution in [0.15, 0.2) is 66.9 Å². The molecule has 110 valence electrons. The highest BCUT2D eigenvalue weighted by molar-refractivity contribution is 5.74. The predicted molar refractivity (Wildman–Crippen MR) is 89.6 cm³/mol. The highest BCUT2D eigenvalue weighted by atomic mass is 16.5. The largest absolute Gasteiger partial charge is 0.488 e. The molecule has 0 aliphatic rings. The quantitative estimate of drug-likeness (QED) is 0.782. The summed E-state index contributed by atoms with van der Waals surface area (Å²) >= 11 is 0. The molecule has 0 saturated heterocycles. The maximum absolute atomic E-state index is 6.00. The van der Waals surface area contributed by atoms with Gasteiger partial charge >= 0.3 is 0 Å². The van der Waals surface area contributed by atoms with E-state index in [1.54, 1.807) is 6.20 Å². The first-order valence-corrected chi connectivity index (χ1v) is 7.22. The lowest BCUT2D eigenvalue weighted by atomic mass is 10.0. The van der Waals surface area contributed by atoms with Crippen molar-refractivity contribution in [2.45, 2.75) is 13.5 Å². The fourth-order valence-electron chi connectivity index (χ4n) is 2.37. The summed E-state index contributed by atoms with van der Waals surface area (Å²) in [5.74, 6) is 0.835. The summed E-state index contributed by atoms with van der Waals surface area (Å²) < 4.78 is 6.00. The molecule has 0 unspecified atom stereocenters. The number of hydrogen-bond acceptors (Lipinski definition) is 3. The molecule has 2 N–H and O–H groups in total. The number of rotatable bonds is 4. The van der Waals surface area contributed by atoms with Crippen molar-refractivity contribution >= 4 is 5.69 Å². The number of nitrogen functional groups attached to an aromatic ring is 1. The topological polar surface area (TPSA) is 48.1 Å². The van der Waals surface area contributed by atoms with Crippen LogP contribution in [0.5, 0.6) is 5.75 Å². The smallest absolute Gasteiger partial charge is 0.127 e. The second-order valence-corrected chi connectivity index (χ2v) is 5.17. The number of aromatic nitrogens is 1. The van der Waals surface area contributed by atoms with Gasteiger partial charge in [0.2, 0.25) is 0 Å². The van der Waals surface area contributed by atoms with Gasteiger partial charge in [0.25, 0.3) is 0 Å². The van der Waals surface area contributed by atoms with E-state index in [9.17, 15) is 0 Å². The monoisotopic (exact) mass is 290 g/mol. The summed E-state index contributed by atoms with van der Waals surface area (Å²) in [6.07, 6.45) is 1.67. The molecule has 0 fully saturated rings. The number of benzene rings is 2. The molecule has 3 aromatic rings. The predicted octanol–water partition coefficient (Wildman–Crippen LogP) is 4.22. The molecule has 2 aromatic carbocycles. The number of hydrogen-bond donors (Lipinski definition) is 1. The lowest BCUT2D eigenvalue weighted by Crippen LogP contribution is -1.98. The normalized spacial score (nSPS) is 10.4. The van der Waals surface area contributed by atoms with E-state index in [1.165, 1.54) is 0 Å². The van der Waals surface area contributed by atoms with Gasteiger partial charge in [-0.05, 0) is 24.6 Å². The van der Waals surface area contributed by atoms with Crippen LogP contribution < -0.4 is 10.5 Å². The second-order valence-electron chi connectivity index (χ2n) is 5.17. The molecular formula is C19H18N2O. The zero-order chi connectivity index (χ0) is 15.4. The van der Waals surface area contributed by atoms with Crippen molar-refractivity contribution < 1.29 is 4.74 Å². The molecular weight excluding hydrogens is 272 g/mol. The Bertz CT molecular complexity index is 769. The first kappa shape index (κ1) is 14.1. The number of nitrogens with two attached hydrogens (primary N) is 1. The Morgan fingerprint density at radius 3 is 2.50 bits per heavy atom. The molecule has 0 aliphatic heterocycles. The third kappa shape index (κ3) is 3.09. The van der Waals surface area contributed by atoms with Crippen molar-refractivity contribution in [2.75, 3.05) is 5.73 Å². The maximum atomic E-state index is 6.00. The van der Waals surface area contributed by atoms with Crippen LogP contribution in [0.2, 0.25) is 0 Å². The molecule has 3 heteroatoms. The van der Waals surface area contributed by atoms with Gasteiger partial charge in [-0.3, -0.25) is 4.98 Å². The van der Waals surface area contributed by atoms with E-state index >= 15 is 0 Å². The molecule has 0 bridgehead atoms. The molecule has 0 amide bonds. The third-order valence-electron chi connectivity index (χ3n) is 3.52. The number of ether oxygens (including phenoxy) is 1. The lowest BCUT2D eigenvalue weighted by molar-refractivity contribution is 0.307. The van der Waals surface area contributed by atoms with Crippen molar-refractivity contribution in [1.82, 2.24) is 4.98 Å². The minimum atomic E-state index is 0.534. The van der Waals surface area contributed by atoms with Gasteiger partial charge in [-0.25, -0.2) is 0 Å². The van der Waals surface area contributed by atoms with E-state index in [-0.39, 0.29) is 0 Å². The van der Waals surface area contributed by atoms with Gasteiger partial charge in [-0.1, -0.05) is 48.5 Å². The molecule has 3 rings (SSSR count). The Hall–Kier alpha value is -2.81. The van der Waals surface area contributed by atoms with E-state index in [4.69, 9.17) is 10.5 Å². The molecule has 1 heterocycles. The van der Waals surface area contributed by atoms with Crippen LogP contribution in [0.3, 0.4) is 0 Å². The van der Waals surface area contributed by atoms with Gasteiger partial charge in [-0.2, -0.15) is 0 Å². The third-order valence-corrected chi connectivity index (χ3v) is 3.52. The van der Waals surface area contributed by atoms with Crippen molar-refractivity contribution in [3.05, 3.63) is 78.1 Å². The van der Waals surface area contributed by atoms with Gasteiger partial charge in [0.05, 0.1) is 11.9 Å². The number of para-hydroxylation sites is 1. The van der Waals surface area contributed by atoms with Crippen LogP contribution in [0.4, 0.5) is 5.69 Å². The van der Waals surface area contributed by atoms with Crippen LogP contribution >= 0.6 is 0 Å². The van der Waals surface area contributed by atoms with Gasteiger partial charge in [-0.15, -0.1) is 0 Å². The van der Waals surface area contributed by atoms with Crippen molar-refractivity contribution in [1.29, 1.82) is 0 Å². The van der Waals surface area contributed by atoms with Crippen LogP contribution in [0.25, 0.3) is 11.1 Å². The highest BCUT2D eigenvalue weighted by Crippen LogP contribution is 2.32. The zero-order valence-electron chi connectivity index (χ0n) is 12.5. The van der Waals surface area contributed by atoms with Crippen molar-refractivity contribution in [2.24, 2.45) is 0 Å². The maximum Gasteiger partial charge on any atom is 0.127 e. The zero-order valence-corrected chi connectivity index (χ0v) is 12.5. The molecule has 0 atom stereocenters. The van der Waals surface area contributed by atoms with Crippen molar-refractivity contribution in [3.63, 3.8) is 0 Å². The summed E-state index contributed by atoms with van der Waals surface area (Å²) in [5.41, 5.74) is 10.6. The Morgan fingerprint density at radius 2 is 1.68 bits per heavy atom. The molecule has 0 radical (unpaired) electrons. The Balaban J connectivity index is 1.91. The molecule has 0 spiro atoms. The summed E-state index contributed by atoms with van der Waals surface area (Å²) in [6.45, 7) is 2.51. The number of pyridine rings is 1. The van der Waals surface area contributed by atoms with Crippen LogP contribution in [0, 0.1) is 6.92 Å². The van der Waals surface area contributed by atoms with E-state index in [0.717, 1.165) is 28.1 Å². The molecule has 0 aliphatic carbocycles. The van der Waals surface area contributed by atoms with E-state index in [1.807, 2.05) is 55.5 Å². The fraction of sp³-hybridized carbons (Fsp3) is 0.105. The average molecular weight is 290 g/mol. The van der Waals surface area contributed by atoms with Gasteiger partial charge < -0.3 is 10.5 Å². The van der Waals surface area contributed by atoms with E-state index in [2.05, 4.69) is 17.1 Å². The number of anilines is 1. The van der Waals surface area contributed by atoms with Crippen LogP contribution in [-0.4, -0.2) is 4.98 Å². The highest BCUT2D eigenvalue weighted by Gasteiger charge is 2.10. The SMILES string of the molecule is Cc1ncc(N)cc1-c1ccccc1OCc1ccccc1.